The molecule has 0 bridgehead atoms. The molecule has 1 saturated carbocycles. The number of halogens is 1. The molecule has 2 rings (SSSR count). The molecule has 0 amide bonds. The van der Waals surface area contributed by atoms with Gasteiger partial charge in [-0.1, -0.05) is 0 Å². The van der Waals surface area contributed by atoms with Crippen LogP contribution in [0.3, 0.4) is 0 Å². The number of nitrogens with one attached hydrogen (secondary N) is 1. The molecule has 1 heterocycles. The maximum Gasteiger partial charge on any atom is 0.148 e. The SMILES string of the molecule is CCNc1ncnc(N(CC)C2CC2)c1Br. The van der Waals surface area contributed by atoms with Gasteiger partial charge in [0.05, 0.1) is 0 Å². The molecule has 1 aliphatic carbocycles. The highest BCUT2D eigenvalue weighted by Gasteiger charge is 2.30. The van der Waals surface area contributed by atoms with E-state index in [1.54, 1.807) is 6.33 Å². The van der Waals surface area contributed by atoms with E-state index < -0.39 is 0 Å². The molecule has 0 aliphatic heterocycles. The molecule has 1 fully saturated rings. The van der Waals surface area contributed by atoms with Gasteiger partial charge in [-0.05, 0) is 42.6 Å². The van der Waals surface area contributed by atoms with Crippen molar-refractivity contribution in [1.29, 1.82) is 0 Å². The first-order valence-electron chi connectivity index (χ1n) is 5.78. The molecule has 1 aromatic heterocycles. The first-order chi connectivity index (χ1) is 7.77. The normalized spacial score (nSPS) is 14.9. The molecule has 4 nitrogen and oxygen atoms in total. The van der Waals surface area contributed by atoms with Gasteiger partial charge < -0.3 is 10.2 Å². The van der Waals surface area contributed by atoms with E-state index >= 15 is 0 Å². The average Bonchev–Trinajstić information content (AvgIpc) is 3.09. The lowest BCUT2D eigenvalue weighted by atomic mass is 10.4. The zero-order valence-corrected chi connectivity index (χ0v) is 11.3. The van der Waals surface area contributed by atoms with Gasteiger partial charge in [-0.15, -0.1) is 0 Å². The van der Waals surface area contributed by atoms with E-state index in [1.165, 1.54) is 12.8 Å². The largest absolute Gasteiger partial charge is 0.369 e. The lowest BCUT2D eigenvalue weighted by Crippen LogP contribution is -2.26. The molecule has 0 aromatic carbocycles. The number of hydrogen-bond donors (Lipinski definition) is 1. The van der Waals surface area contributed by atoms with Crippen LogP contribution in [0.5, 0.6) is 0 Å². The van der Waals surface area contributed by atoms with Gasteiger partial charge in [0, 0.05) is 19.1 Å². The third-order valence-corrected chi connectivity index (χ3v) is 3.45. The second-order valence-electron chi connectivity index (χ2n) is 3.91. The molecule has 5 heteroatoms. The lowest BCUT2D eigenvalue weighted by molar-refractivity contribution is 0.801. The highest BCUT2D eigenvalue weighted by molar-refractivity contribution is 9.10. The van der Waals surface area contributed by atoms with E-state index in [0.717, 1.165) is 29.2 Å². The molecule has 0 saturated heterocycles. The van der Waals surface area contributed by atoms with E-state index in [-0.39, 0.29) is 0 Å². The smallest absolute Gasteiger partial charge is 0.148 e. The first kappa shape index (κ1) is 11.6. The Bertz CT molecular complexity index is 365. The molecule has 0 radical (unpaired) electrons. The molecule has 1 N–H and O–H groups in total. The number of anilines is 2. The summed E-state index contributed by atoms with van der Waals surface area (Å²) in [6, 6.07) is 0.672. The topological polar surface area (TPSA) is 41.1 Å². The van der Waals surface area contributed by atoms with Crippen LogP contribution in [0.2, 0.25) is 0 Å². The summed E-state index contributed by atoms with van der Waals surface area (Å²) in [5.74, 6) is 1.89. The fraction of sp³-hybridized carbons (Fsp3) is 0.636. The summed E-state index contributed by atoms with van der Waals surface area (Å²) in [6.07, 6.45) is 4.19. The van der Waals surface area contributed by atoms with Crippen LogP contribution in [0.25, 0.3) is 0 Å². The fourth-order valence-electron chi connectivity index (χ4n) is 1.82. The van der Waals surface area contributed by atoms with E-state index in [2.05, 4.69) is 50.0 Å². The number of nitrogens with zero attached hydrogens (tertiary/aromatic N) is 3. The third-order valence-electron chi connectivity index (χ3n) is 2.72. The van der Waals surface area contributed by atoms with Crippen molar-refractivity contribution in [3.05, 3.63) is 10.8 Å². The molecule has 0 unspecified atom stereocenters. The Balaban J connectivity index is 2.28. The Hall–Kier alpha value is -0.840. The second kappa shape index (κ2) is 4.99. The van der Waals surface area contributed by atoms with Crippen LogP contribution in [0, 0.1) is 0 Å². The average molecular weight is 285 g/mol. The Morgan fingerprint density at radius 1 is 1.44 bits per heavy atom. The van der Waals surface area contributed by atoms with Gasteiger partial charge in [0.1, 0.15) is 22.4 Å². The zero-order valence-electron chi connectivity index (χ0n) is 9.70. The number of rotatable bonds is 5. The van der Waals surface area contributed by atoms with E-state index in [9.17, 15) is 0 Å². The number of hydrogen-bond acceptors (Lipinski definition) is 4. The fourth-order valence-corrected chi connectivity index (χ4v) is 2.39. The minimum Gasteiger partial charge on any atom is -0.369 e. The van der Waals surface area contributed by atoms with Gasteiger partial charge in [0.2, 0.25) is 0 Å². The van der Waals surface area contributed by atoms with Crippen LogP contribution < -0.4 is 10.2 Å². The summed E-state index contributed by atoms with van der Waals surface area (Å²) in [4.78, 5) is 11.0. The van der Waals surface area contributed by atoms with E-state index in [0.29, 0.717) is 6.04 Å². The van der Waals surface area contributed by atoms with Crippen LogP contribution in [0.4, 0.5) is 11.6 Å². The van der Waals surface area contributed by atoms with Gasteiger partial charge >= 0.3 is 0 Å². The Morgan fingerprint density at radius 2 is 2.19 bits per heavy atom. The molecular formula is C11H17BrN4. The van der Waals surface area contributed by atoms with Crippen LogP contribution in [0.1, 0.15) is 26.7 Å². The maximum atomic E-state index is 4.38. The van der Waals surface area contributed by atoms with Crippen molar-refractivity contribution in [1.82, 2.24) is 9.97 Å². The summed E-state index contributed by atoms with van der Waals surface area (Å²) in [6.45, 7) is 6.09. The van der Waals surface area contributed by atoms with Crippen molar-refractivity contribution < 1.29 is 0 Å². The van der Waals surface area contributed by atoms with Crippen LogP contribution in [-0.4, -0.2) is 29.1 Å². The van der Waals surface area contributed by atoms with Gasteiger partial charge in [0.15, 0.2) is 0 Å². The minimum absolute atomic E-state index is 0.672. The van der Waals surface area contributed by atoms with Gasteiger partial charge in [0.25, 0.3) is 0 Å². The Kier molecular flexibility index (Phi) is 3.63. The van der Waals surface area contributed by atoms with Gasteiger partial charge in [-0.25, -0.2) is 9.97 Å². The van der Waals surface area contributed by atoms with Crippen LogP contribution in [-0.2, 0) is 0 Å². The lowest BCUT2D eigenvalue weighted by Gasteiger charge is -2.23. The highest BCUT2D eigenvalue weighted by Crippen LogP contribution is 2.36. The standard InChI is InChI=1S/C11H17BrN4/c1-3-13-10-9(12)11(15-7-14-10)16(4-2)8-5-6-8/h7-8H,3-6H2,1-2H3,(H,13,14,15). The second-order valence-corrected chi connectivity index (χ2v) is 4.70. The highest BCUT2D eigenvalue weighted by atomic mass is 79.9. The Morgan fingerprint density at radius 3 is 2.75 bits per heavy atom. The molecule has 0 spiro atoms. The number of aromatic nitrogens is 2. The van der Waals surface area contributed by atoms with Gasteiger partial charge in [-0.2, -0.15) is 0 Å². The summed E-state index contributed by atoms with van der Waals surface area (Å²) in [5, 5.41) is 3.23. The summed E-state index contributed by atoms with van der Waals surface area (Å²) < 4.78 is 0.977. The van der Waals surface area contributed by atoms with Crippen molar-refractivity contribution in [2.45, 2.75) is 32.7 Å². The van der Waals surface area contributed by atoms with Crippen LogP contribution in [0.15, 0.2) is 10.8 Å². The third kappa shape index (κ3) is 2.29. The van der Waals surface area contributed by atoms with Gasteiger partial charge in [-0.3, -0.25) is 0 Å². The van der Waals surface area contributed by atoms with Crippen molar-refractivity contribution in [3.63, 3.8) is 0 Å². The van der Waals surface area contributed by atoms with Crippen molar-refractivity contribution in [2.75, 3.05) is 23.3 Å². The van der Waals surface area contributed by atoms with Crippen LogP contribution >= 0.6 is 15.9 Å². The van der Waals surface area contributed by atoms with Crippen molar-refractivity contribution >= 4 is 27.6 Å². The van der Waals surface area contributed by atoms with Crippen molar-refractivity contribution in [2.24, 2.45) is 0 Å². The quantitative estimate of drug-likeness (QED) is 0.903. The monoisotopic (exact) mass is 284 g/mol. The van der Waals surface area contributed by atoms with E-state index in [4.69, 9.17) is 0 Å². The van der Waals surface area contributed by atoms with E-state index in [1.807, 2.05) is 0 Å². The molecule has 0 atom stereocenters. The molecule has 88 valence electrons. The Labute approximate surface area is 105 Å². The summed E-state index contributed by atoms with van der Waals surface area (Å²) >= 11 is 3.59. The molecule has 1 aromatic rings. The van der Waals surface area contributed by atoms with Crippen molar-refractivity contribution in [3.8, 4) is 0 Å². The summed E-state index contributed by atoms with van der Waals surface area (Å²) in [7, 11) is 0. The predicted octanol–water partition coefficient (Wildman–Crippen LogP) is 2.66. The maximum absolute atomic E-state index is 4.38. The zero-order chi connectivity index (χ0) is 11.5. The predicted molar refractivity (Wildman–Crippen MR) is 69.9 cm³/mol. The molecule has 16 heavy (non-hydrogen) atoms. The molecule has 1 aliphatic rings. The first-order valence-corrected chi connectivity index (χ1v) is 6.58. The minimum atomic E-state index is 0.672. The molecular weight excluding hydrogens is 268 g/mol. The summed E-state index contributed by atoms with van der Waals surface area (Å²) in [5.41, 5.74) is 0.